The number of carboxylic acids is 1. The lowest BCUT2D eigenvalue weighted by molar-refractivity contribution is -0.140. The summed E-state index contributed by atoms with van der Waals surface area (Å²) in [5.41, 5.74) is 0. The third kappa shape index (κ3) is 2.74. The summed E-state index contributed by atoms with van der Waals surface area (Å²) in [6, 6.07) is 4.20. The first-order valence-electron chi connectivity index (χ1n) is 5.50. The summed E-state index contributed by atoms with van der Waals surface area (Å²) in [6.45, 7) is -0.220. The Kier molecular flexibility index (Phi) is 3.82. The van der Waals surface area contributed by atoms with Crippen molar-refractivity contribution in [3.8, 4) is 0 Å². The van der Waals surface area contributed by atoms with Crippen LogP contribution in [0, 0.1) is 0 Å². The number of β-amino-alcohol motifs (C(OH)–C–C–N with tert-alkyl or cyclic N) is 1. The zero-order valence-corrected chi connectivity index (χ0v) is 11.3. The van der Waals surface area contributed by atoms with Gasteiger partial charge in [0, 0.05) is 18.0 Å². The molecule has 1 aliphatic rings. The third-order valence-corrected chi connectivity index (χ3v) is 5.08. The molecule has 0 saturated carbocycles. The van der Waals surface area contributed by atoms with E-state index in [1.807, 2.05) is 0 Å². The van der Waals surface area contributed by atoms with Crippen LogP contribution in [0.25, 0.3) is 0 Å². The number of hydrogen-bond acceptors (Lipinski definition) is 4. The maximum Gasteiger partial charge on any atom is 0.322 e. The van der Waals surface area contributed by atoms with E-state index in [-0.39, 0.29) is 17.9 Å². The molecule has 0 radical (unpaired) electrons. The number of nitrogens with zero attached hydrogens (tertiary/aromatic N) is 1. The zero-order valence-electron chi connectivity index (χ0n) is 9.73. The van der Waals surface area contributed by atoms with Crippen molar-refractivity contribution in [2.45, 2.75) is 23.5 Å². The molecule has 0 amide bonds. The quantitative estimate of drug-likeness (QED) is 0.850. The van der Waals surface area contributed by atoms with E-state index in [0.29, 0.717) is 5.02 Å². The first-order valence-corrected chi connectivity index (χ1v) is 7.32. The fourth-order valence-corrected chi connectivity index (χ4v) is 3.77. The van der Waals surface area contributed by atoms with Crippen LogP contribution in [0.5, 0.6) is 0 Å². The molecule has 8 heteroatoms. The monoisotopic (exact) mass is 305 g/mol. The normalized spacial score (nSPS) is 24.5. The van der Waals surface area contributed by atoms with E-state index in [2.05, 4.69) is 0 Å². The van der Waals surface area contributed by atoms with Crippen molar-refractivity contribution in [2.75, 3.05) is 6.54 Å². The van der Waals surface area contributed by atoms with Gasteiger partial charge in [-0.1, -0.05) is 11.6 Å². The number of benzene rings is 1. The summed E-state index contributed by atoms with van der Waals surface area (Å²) < 4.78 is 25.4. The summed E-state index contributed by atoms with van der Waals surface area (Å²) in [4.78, 5) is 11.0. The third-order valence-electron chi connectivity index (χ3n) is 2.94. The van der Waals surface area contributed by atoms with Crippen molar-refractivity contribution in [3.63, 3.8) is 0 Å². The van der Waals surface area contributed by atoms with E-state index in [9.17, 15) is 18.3 Å². The molecule has 2 unspecified atom stereocenters. The molecule has 6 nitrogen and oxygen atoms in total. The highest BCUT2D eigenvalue weighted by atomic mass is 35.5. The predicted molar refractivity (Wildman–Crippen MR) is 67.4 cm³/mol. The average Bonchev–Trinajstić information content (AvgIpc) is 2.73. The van der Waals surface area contributed by atoms with Gasteiger partial charge >= 0.3 is 5.97 Å². The Balaban J connectivity index is 2.38. The largest absolute Gasteiger partial charge is 0.480 e. The van der Waals surface area contributed by atoms with Crippen molar-refractivity contribution in [2.24, 2.45) is 0 Å². The second-order valence-corrected chi connectivity index (χ2v) is 6.60. The number of carboxylic acid groups (broad SMARTS) is 1. The van der Waals surface area contributed by atoms with Crippen LogP contribution in [0.2, 0.25) is 5.02 Å². The number of carbonyl (C=O) groups is 1. The first kappa shape index (κ1) is 14.3. The minimum Gasteiger partial charge on any atom is -0.480 e. The SMILES string of the molecule is O=C(O)C1CC(O)CN1S(=O)(=O)c1ccc(Cl)cc1. The predicted octanol–water partition coefficient (Wildman–Crippen LogP) is 0.549. The highest BCUT2D eigenvalue weighted by Crippen LogP contribution is 2.27. The molecule has 1 fully saturated rings. The van der Waals surface area contributed by atoms with E-state index >= 15 is 0 Å². The lowest BCUT2D eigenvalue weighted by Crippen LogP contribution is -2.40. The number of hydrogen-bond donors (Lipinski definition) is 2. The van der Waals surface area contributed by atoms with E-state index in [1.54, 1.807) is 0 Å². The molecule has 1 aromatic rings. The number of halogens is 1. The maximum absolute atomic E-state index is 12.3. The van der Waals surface area contributed by atoms with Gasteiger partial charge in [-0.15, -0.1) is 0 Å². The maximum atomic E-state index is 12.3. The molecule has 2 N–H and O–H groups in total. The van der Waals surface area contributed by atoms with Crippen LogP contribution < -0.4 is 0 Å². The molecule has 1 heterocycles. The van der Waals surface area contributed by atoms with Gasteiger partial charge in [0.15, 0.2) is 0 Å². The van der Waals surface area contributed by atoms with E-state index in [0.717, 1.165) is 4.31 Å². The number of aliphatic carboxylic acids is 1. The highest BCUT2D eigenvalue weighted by molar-refractivity contribution is 7.89. The van der Waals surface area contributed by atoms with Crippen LogP contribution in [-0.4, -0.2) is 47.6 Å². The Hall–Kier alpha value is -1.15. The number of rotatable bonds is 3. The highest BCUT2D eigenvalue weighted by Gasteiger charge is 2.43. The van der Waals surface area contributed by atoms with E-state index in [4.69, 9.17) is 16.7 Å². The fourth-order valence-electron chi connectivity index (χ4n) is 2.02. The number of sulfonamides is 1. The van der Waals surface area contributed by atoms with Crippen LogP contribution in [0.1, 0.15) is 6.42 Å². The summed E-state index contributed by atoms with van der Waals surface area (Å²) in [6.07, 6.45) is -1.08. The Labute approximate surface area is 115 Å². The zero-order chi connectivity index (χ0) is 14.2. The first-order chi connectivity index (χ1) is 8.82. The molecule has 1 saturated heterocycles. The molecule has 0 bridgehead atoms. The topological polar surface area (TPSA) is 94.9 Å². The van der Waals surface area contributed by atoms with Gasteiger partial charge in [0.05, 0.1) is 11.0 Å². The van der Waals surface area contributed by atoms with Crippen LogP contribution in [-0.2, 0) is 14.8 Å². The van der Waals surface area contributed by atoms with Gasteiger partial charge in [-0.2, -0.15) is 4.31 Å². The van der Waals surface area contributed by atoms with Crippen LogP contribution >= 0.6 is 11.6 Å². The van der Waals surface area contributed by atoms with Crippen molar-refractivity contribution < 1.29 is 23.4 Å². The number of aliphatic hydroxyl groups is 1. The molecule has 104 valence electrons. The fraction of sp³-hybridized carbons (Fsp3) is 0.364. The molecule has 19 heavy (non-hydrogen) atoms. The Morgan fingerprint density at radius 2 is 1.89 bits per heavy atom. The van der Waals surface area contributed by atoms with E-state index < -0.39 is 28.1 Å². The standard InChI is InChI=1S/C11H12ClNO5S/c12-7-1-3-9(4-2-7)19(17,18)13-6-8(14)5-10(13)11(15)16/h1-4,8,10,14H,5-6H2,(H,15,16). The van der Waals surface area contributed by atoms with Crippen molar-refractivity contribution in [3.05, 3.63) is 29.3 Å². The summed E-state index contributed by atoms with van der Waals surface area (Å²) in [5, 5.41) is 18.9. The summed E-state index contributed by atoms with van der Waals surface area (Å²) in [7, 11) is -3.95. The van der Waals surface area contributed by atoms with Crippen molar-refractivity contribution >= 4 is 27.6 Å². The van der Waals surface area contributed by atoms with Gasteiger partial charge in [-0.3, -0.25) is 4.79 Å². The van der Waals surface area contributed by atoms with E-state index in [1.165, 1.54) is 24.3 Å². The Bertz CT molecular complexity index is 586. The van der Waals surface area contributed by atoms with Gasteiger partial charge in [0.25, 0.3) is 0 Å². The smallest absolute Gasteiger partial charge is 0.322 e. The average molecular weight is 306 g/mol. The van der Waals surface area contributed by atoms with Crippen molar-refractivity contribution in [1.82, 2.24) is 4.31 Å². The van der Waals surface area contributed by atoms with Crippen molar-refractivity contribution in [1.29, 1.82) is 0 Å². The lowest BCUT2D eigenvalue weighted by atomic mass is 10.2. The van der Waals surface area contributed by atoms with Gasteiger partial charge in [-0.05, 0) is 24.3 Å². The molecule has 0 aliphatic carbocycles. The molecule has 1 aromatic carbocycles. The molecular weight excluding hydrogens is 294 g/mol. The molecular formula is C11H12ClNO5S. The summed E-state index contributed by atoms with van der Waals surface area (Å²) in [5.74, 6) is -1.27. The van der Waals surface area contributed by atoms with Gasteiger partial charge in [-0.25, -0.2) is 8.42 Å². The van der Waals surface area contributed by atoms with Crippen LogP contribution in [0.4, 0.5) is 0 Å². The van der Waals surface area contributed by atoms with Gasteiger partial charge in [0.2, 0.25) is 10.0 Å². The second kappa shape index (κ2) is 5.09. The van der Waals surface area contributed by atoms with Gasteiger partial charge in [0.1, 0.15) is 6.04 Å². The Morgan fingerprint density at radius 1 is 1.32 bits per heavy atom. The van der Waals surface area contributed by atoms with Gasteiger partial charge < -0.3 is 10.2 Å². The van der Waals surface area contributed by atoms with Crippen LogP contribution in [0.15, 0.2) is 29.2 Å². The lowest BCUT2D eigenvalue weighted by Gasteiger charge is -2.20. The summed E-state index contributed by atoms with van der Waals surface area (Å²) >= 11 is 5.68. The Morgan fingerprint density at radius 3 is 2.42 bits per heavy atom. The second-order valence-electron chi connectivity index (χ2n) is 4.27. The molecule has 1 aliphatic heterocycles. The minimum absolute atomic E-state index is 0.0442. The molecule has 2 atom stereocenters. The minimum atomic E-state index is -3.95. The number of aliphatic hydroxyl groups excluding tert-OH is 1. The van der Waals surface area contributed by atoms with Crippen LogP contribution in [0.3, 0.4) is 0 Å². The molecule has 0 spiro atoms. The molecule has 0 aromatic heterocycles. The molecule has 2 rings (SSSR count).